The van der Waals surface area contributed by atoms with Crippen molar-refractivity contribution in [3.8, 4) is 0 Å². The van der Waals surface area contributed by atoms with Crippen molar-refractivity contribution in [1.29, 1.82) is 0 Å². The number of nitrogens with one attached hydrogen (secondary N) is 1. The maximum atomic E-state index is 11.1. The Morgan fingerprint density at radius 1 is 1.39 bits per heavy atom. The molecule has 0 aliphatic carbocycles. The predicted molar refractivity (Wildman–Crippen MR) is 68.1 cm³/mol. The summed E-state index contributed by atoms with van der Waals surface area (Å²) in [5.74, 6) is 0. The molecule has 0 bridgehead atoms. The molecular formula is C14H17NO3. The summed E-state index contributed by atoms with van der Waals surface area (Å²) >= 11 is 0. The minimum absolute atomic E-state index is 0.0363. The molecule has 96 valence electrons. The van der Waals surface area contributed by atoms with Crippen LogP contribution in [-0.4, -0.2) is 24.8 Å². The molecule has 1 aromatic carbocycles. The predicted octanol–water partition coefficient (Wildman–Crippen LogP) is 2.26. The smallest absolute Gasteiger partial charge is 0.407 e. The van der Waals surface area contributed by atoms with Crippen LogP contribution in [0, 0.1) is 0 Å². The number of hydrogen-bond donors (Lipinski definition) is 1. The molecular weight excluding hydrogens is 230 g/mol. The second-order valence-corrected chi connectivity index (χ2v) is 4.22. The Balaban J connectivity index is 1.79. The van der Waals surface area contributed by atoms with E-state index in [0.29, 0.717) is 19.6 Å². The van der Waals surface area contributed by atoms with Crippen molar-refractivity contribution < 1.29 is 14.3 Å². The van der Waals surface area contributed by atoms with Gasteiger partial charge in [-0.3, -0.25) is 0 Å². The van der Waals surface area contributed by atoms with E-state index in [2.05, 4.69) is 11.9 Å². The standard InChI is InChI=1S/C14H17NO3/c1-2-6-12-13(18-14(16)15-12)10-17-9-11-7-4-3-5-8-11/h2-5,7-8,12-13H,1,6,9-10H2,(H,15,16)/t12-,13+/m0/s1. The summed E-state index contributed by atoms with van der Waals surface area (Å²) in [5.41, 5.74) is 1.11. The highest BCUT2D eigenvalue weighted by molar-refractivity contribution is 5.70. The fraction of sp³-hybridized carbons (Fsp3) is 0.357. The van der Waals surface area contributed by atoms with Crippen LogP contribution in [0.5, 0.6) is 0 Å². The van der Waals surface area contributed by atoms with E-state index in [1.54, 1.807) is 6.08 Å². The lowest BCUT2D eigenvalue weighted by molar-refractivity contribution is 0.0276. The molecule has 4 nitrogen and oxygen atoms in total. The van der Waals surface area contributed by atoms with E-state index in [1.807, 2.05) is 30.3 Å². The third kappa shape index (κ3) is 3.34. The fourth-order valence-electron chi connectivity index (χ4n) is 1.91. The summed E-state index contributed by atoms with van der Waals surface area (Å²) in [5, 5.41) is 2.74. The normalized spacial score (nSPS) is 22.3. The van der Waals surface area contributed by atoms with E-state index < -0.39 is 0 Å². The molecule has 1 N–H and O–H groups in total. The van der Waals surface area contributed by atoms with Crippen LogP contribution < -0.4 is 5.32 Å². The number of alkyl carbamates (subject to hydrolysis) is 1. The number of carbonyl (C=O) groups is 1. The van der Waals surface area contributed by atoms with Gasteiger partial charge < -0.3 is 14.8 Å². The number of cyclic esters (lactones) is 1. The number of carbonyl (C=O) groups excluding carboxylic acids is 1. The summed E-state index contributed by atoms with van der Waals surface area (Å²) < 4.78 is 10.7. The molecule has 2 rings (SSSR count). The Hall–Kier alpha value is -1.81. The van der Waals surface area contributed by atoms with Gasteiger partial charge in [0.1, 0.15) is 6.10 Å². The van der Waals surface area contributed by atoms with Gasteiger partial charge in [-0.2, -0.15) is 0 Å². The van der Waals surface area contributed by atoms with Gasteiger partial charge in [0.05, 0.1) is 19.3 Å². The van der Waals surface area contributed by atoms with Crippen molar-refractivity contribution in [2.24, 2.45) is 0 Å². The first-order valence-corrected chi connectivity index (χ1v) is 5.99. The molecule has 0 saturated carbocycles. The molecule has 0 unspecified atom stereocenters. The molecule has 1 fully saturated rings. The van der Waals surface area contributed by atoms with E-state index in [4.69, 9.17) is 9.47 Å². The lowest BCUT2D eigenvalue weighted by Crippen LogP contribution is -2.33. The topological polar surface area (TPSA) is 47.6 Å². The van der Waals surface area contributed by atoms with Gasteiger partial charge in [-0.15, -0.1) is 6.58 Å². The van der Waals surface area contributed by atoms with Crippen LogP contribution in [0.15, 0.2) is 43.0 Å². The molecule has 18 heavy (non-hydrogen) atoms. The zero-order valence-corrected chi connectivity index (χ0v) is 10.2. The van der Waals surface area contributed by atoms with Crippen molar-refractivity contribution in [2.75, 3.05) is 6.61 Å². The van der Waals surface area contributed by atoms with Crippen molar-refractivity contribution in [3.05, 3.63) is 48.6 Å². The summed E-state index contributed by atoms with van der Waals surface area (Å²) in [6.45, 7) is 4.58. The van der Waals surface area contributed by atoms with E-state index in [1.165, 1.54) is 0 Å². The summed E-state index contributed by atoms with van der Waals surface area (Å²) in [7, 11) is 0. The third-order valence-corrected chi connectivity index (χ3v) is 2.82. The van der Waals surface area contributed by atoms with Gasteiger partial charge in [0.15, 0.2) is 0 Å². The van der Waals surface area contributed by atoms with E-state index >= 15 is 0 Å². The summed E-state index contributed by atoms with van der Waals surface area (Å²) in [6.07, 6.45) is 1.84. The maximum Gasteiger partial charge on any atom is 0.407 e. The zero-order chi connectivity index (χ0) is 12.8. The molecule has 1 aliphatic heterocycles. The number of benzene rings is 1. The van der Waals surface area contributed by atoms with Crippen molar-refractivity contribution in [2.45, 2.75) is 25.2 Å². The first-order valence-electron chi connectivity index (χ1n) is 5.99. The highest BCUT2D eigenvalue weighted by Crippen LogP contribution is 2.13. The van der Waals surface area contributed by atoms with Gasteiger partial charge in [0.25, 0.3) is 0 Å². The van der Waals surface area contributed by atoms with Crippen LogP contribution >= 0.6 is 0 Å². The second kappa shape index (κ2) is 6.21. The van der Waals surface area contributed by atoms with Gasteiger partial charge in [-0.05, 0) is 12.0 Å². The van der Waals surface area contributed by atoms with Gasteiger partial charge in [0, 0.05) is 0 Å². The fourth-order valence-corrected chi connectivity index (χ4v) is 1.91. The van der Waals surface area contributed by atoms with Crippen molar-refractivity contribution in [1.82, 2.24) is 5.32 Å². The molecule has 1 aliphatic rings. The first kappa shape index (κ1) is 12.6. The van der Waals surface area contributed by atoms with Crippen LogP contribution in [-0.2, 0) is 16.1 Å². The average Bonchev–Trinajstić information content (AvgIpc) is 2.72. The lowest BCUT2D eigenvalue weighted by Gasteiger charge is -2.15. The van der Waals surface area contributed by atoms with E-state index in [0.717, 1.165) is 5.56 Å². The Morgan fingerprint density at radius 2 is 2.17 bits per heavy atom. The molecule has 2 atom stereocenters. The van der Waals surface area contributed by atoms with Crippen molar-refractivity contribution >= 4 is 6.09 Å². The van der Waals surface area contributed by atoms with E-state index in [-0.39, 0.29) is 18.2 Å². The molecule has 0 spiro atoms. The van der Waals surface area contributed by atoms with Crippen molar-refractivity contribution in [3.63, 3.8) is 0 Å². The number of ether oxygens (including phenoxy) is 2. The minimum Gasteiger partial charge on any atom is -0.442 e. The van der Waals surface area contributed by atoms with Crippen LogP contribution in [0.4, 0.5) is 4.79 Å². The Kier molecular flexibility index (Phi) is 4.36. The number of rotatable bonds is 6. The molecule has 0 radical (unpaired) electrons. The molecule has 1 heterocycles. The van der Waals surface area contributed by atoms with Crippen LogP contribution in [0.2, 0.25) is 0 Å². The average molecular weight is 247 g/mol. The quantitative estimate of drug-likeness (QED) is 0.784. The van der Waals surface area contributed by atoms with E-state index in [9.17, 15) is 4.79 Å². The van der Waals surface area contributed by atoms with Crippen LogP contribution in [0.25, 0.3) is 0 Å². The second-order valence-electron chi connectivity index (χ2n) is 4.22. The molecule has 1 amide bonds. The minimum atomic E-state index is -0.379. The van der Waals surface area contributed by atoms with Crippen LogP contribution in [0.1, 0.15) is 12.0 Å². The summed E-state index contributed by atoms with van der Waals surface area (Å²) in [4.78, 5) is 11.1. The maximum absolute atomic E-state index is 11.1. The first-order chi connectivity index (χ1) is 8.79. The highest BCUT2D eigenvalue weighted by atomic mass is 16.6. The SMILES string of the molecule is C=CC[C@@H]1NC(=O)O[C@@H]1COCc1ccccc1. The number of hydrogen-bond acceptors (Lipinski definition) is 3. The third-order valence-electron chi connectivity index (χ3n) is 2.82. The van der Waals surface area contributed by atoms with Crippen LogP contribution in [0.3, 0.4) is 0 Å². The van der Waals surface area contributed by atoms with Gasteiger partial charge >= 0.3 is 6.09 Å². The highest BCUT2D eigenvalue weighted by Gasteiger charge is 2.32. The molecule has 1 saturated heterocycles. The van der Waals surface area contributed by atoms with Gasteiger partial charge in [-0.1, -0.05) is 36.4 Å². The van der Waals surface area contributed by atoms with Gasteiger partial charge in [0.2, 0.25) is 0 Å². The Bertz CT molecular complexity index is 405. The lowest BCUT2D eigenvalue weighted by atomic mass is 10.1. The Labute approximate surface area is 107 Å². The van der Waals surface area contributed by atoms with Gasteiger partial charge in [-0.25, -0.2) is 4.79 Å². The molecule has 1 aromatic rings. The Morgan fingerprint density at radius 3 is 2.89 bits per heavy atom. The largest absolute Gasteiger partial charge is 0.442 e. The summed E-state index contributed by atoms with van der Waals surface area (Å²) in [6, 6.07) is 9.87. The number of amides is 1. The molecule has 4 heteroatoms. The zero-order valence-electron chi connectivity index (χ0n) is 10.2. The molecule has 0 aromatic heterocycles. The monoisotopic (exact) mass is 247 g/mol.